The predicted octanol–water partition coefficient (Wildman–Crippen LogP) is 5.35. The van der Waals surface area contributed by atoms with Crippen molar-refractivity contribution in [3.8, 4) is 28.7 Å². The van der Waals surface area contributed by atoms with Crippen molar-refractivity contribution in [1.82, 2.24) is 5.06 Å². The molecule has 1 atom stereocenters. The van der Waals surface area contributed by atoms with Crippen LogP contribution in [-0.2, 0) is 14.6 Å². The second kappa shape index (κ2) is 12.3. The summed E-state index contributed by atoms with van der Waals surface area (Å²) in [5, 5.41) is 9.94. The van der Waals surface area contributed by atoms with Gasteiger partial charge in [-0.05, 0) is 72.8 Å². The summed E-state index contributed by atoms with van der Waals surface area (Å²) < 4.78 is 118. The number of hydrogen-bond acceptors (Lipinski definition) is 8. The van der Waals surface area contributed by atoms with Crippen LogP contribution in [0.5, 0.6) is 28.7 Å². The van der Waals surface area contributed by atoms with Crippen LogP contribution in [0.4, 0.5) is 26.3 Å². The maximum atomic E-state index is 12.9. The maximum Gasteiger partial charge on any atom is 0.573 e. The number of amides is 1. The van der Waals surface area contributed by atoms with Crippen molar-refractivity contribution in [3.05, 3.63) is 72.8 Å². The average molecular weight is 595 g/mol. The van der Waals surface area contributed by atoms with E-state index in [-0.39, 0.29) is 33.6 Å². The molecule has 0 radical (unpaired) electrons. The Morgan fingerprint density at radius 3 is 1.55 bits per heavy atom. The lowest BCUT2D eigenvalue weighted by molar-refractivity contribution is -0.275. The van der Waals surface area contributed by atoms with E-state index in [0.29, 0.717) is 0 Å². The number of sulfone groups is 1. The third-order valence-electron chi connectivity index (χ3n) is 4.87. The molecule has 0 saturated carbocycles. The van der Waals surface area contributed by atoms with E-state index in [1.54, 1.807) is 0 Å². The highest BCUT2D eigenvalue weighted by Crippen LogP contribution is 2.29. The summed E-state index contributed by atoms with van der Waals surface area (Å²) in [4.78, 5) is 10.9. The molecule has 0 aliphatic carbocycles. The number of hydroxylamine groups is 2. The van der Waals surface area contributed by atoms with Crippen molar-refractivity contribution in [1.29, 1.82) is 0 Å². The molecule has 0 heterocycles. The molecule has 216 valence electrons. The molecule has 0 bridgehead atoms. The average Bonchev–Trinajstić information content (AvgIpc) is 2.86. The Kier molecular flexibility index (Phi) is 9.36. The molecule has 1 N–H and O–H groups in total. The molecule has 3 rings (SSSR count). The van der Waals surface area contributed by atoms with Crippen molar-refractivity contribution in [2.24, 2.45) is 0 Å². The molecular weight excluding hydrogens is 576 g/mol. The Balaban J connectivity index is 1.63. The van der Waals surface area contributed by atoms with Crippen LogP contribution >= 0.6 is 0 Å². The Labute approximate surface area is 222 Å². The number of carbonyl (C=O) groups is 1. The minimum absolute atomic E-state index is 0.00993. The van der Waals surface area contributed by atoms with Crippen LogP contribution < -0.4 is 18.9 Å². The largest absolute Gasteiger partial charge is 0.573 e. The van der Waals surface area contributed by atoms with Crippen LogP contribution in [0.1, 0.15) is 0 Å². The van der Waals surface area contributed by atoms with E-state index >= 15 is 0 Å². The first-order valence-electron chi connectivity index (χ1n) is 10.9. The van der Waals surface area contributed by atoms with Gasteiger partial charge in [0.1, 0.15) is 41.4 Å². The van der Waals surface area contributed by atoms with Crippen molar-refractivity contribution < 1.29 is 63.7 Å². The first kappa shape index (κ1) is 30.4. The second-order valence-electron chi connectivity index (χ2n) is 7.84. The zero-order valence-corrected chi connectivity index (χ0v) is 20.7. The van der Waals surface area contributed by atoms with Crippen LogP contribution in [-0.4, -0.2) is 56.2 Å². The first-order chi connectivity index (χ1) is 18.6. The number of alkyl halides is 6. The molecule has 0 aliphatic heterocycles. The SMILES string of the molecule is O=CN(O)C(COc1ccc(OC(F)(F)F)cc1)CS(=O)(=O)c1ccc(Oc2ccc(OC(F)(F)F)cc2)cc1. The highest BCUT2D eigenvalue weighted by atomic mass is 32.2. The van der Waals surface area contributed by atoms with E-state index in [1.165, 1.54) is 36.4 Å². The number of ether oxygens (including phenoxy) is 4. The Bertz CT molecular complexity index is 1360. The molecule has 40 heavy (non-hydrogen) atoms. The minimum atomic E-state index is -4.89. The Morgan fingerprint density at radius 2 is 1.12 bits per heavy atom. The van der Waals surface area contributed by atoms with Gasteiger partial charge >= 0.3 is 12.7 Å². The first-order valence-corrected chi connectivity index (χ1v) is 12.6. The monoisotopic (exact) mass is 595 g/mol. The highest BCUT2D eigenvalue weighted by Gasteiger charge is 2.32. The number of benzene rings is 3. The summed E-state index contributed by atoms with van der Waals surface area (Å²) in [6.45, 7) is -0.539. The third-order valence-corrected chi connectivity index (χ3v) is 6.68. The summed E-state index contributed by atoms with van der Waals surface area (Å²) in [5.74, 6) is -1.47. The van der Waals surface area contributed by atoms with Crippen LogP contribution in [0.15, 0.2) is 77.7 Å². The van der Waals surface area contributed by atoms with Gasteiger partial charge in [0.15, 0.2) is 9.84 Å². The fraction of sp³-hybridized carbons (Fsp3) is 0.208. The minimum Gasteiger partial charge on any atom is -0.491 e. The van der Waals surface area contributed by atoms with E-state index in [9.17, 15) is 44.8 Å². The fourth-order valence-electron chi connectivity index (χ4n) is 3.13. The lowest BCUT2D eigenvalue weighted by atomic mass is 10.3. The zero-order chi connectivity index (χ0) is 29.6. The van der Waals surface area contributed by atoms with Crippen LogP contribution in [0.2, 0.25) is 0 Å². The molecule has 9 nitrogen and oxygen atoms in total. The van der Waals surface area contributed by atoms with E-state index in [4.69, 9.17) is 9.47 Å². The molecule has 16 heteroatoms. The topological polar surface area (TPSA) is 112 Å². The number of rotatable bonds is 12. The van der Waals surface area contributed by atoms with Crippen LogP contribution in [0, 0.1) is 0 Å². The van der Waals surface area contributed by atoms with Crippen LogP contribution in [0.3, 0.4) is 0 Å². The van der Waals surface area contributed by atoms with Gasteiger partial charge < -0.3 is 18.9 Å². The second-order valence-corrected chi connectivity index (χ2v) is 9.88. The van der Waals surface area contributed by atoms with Gasteiger partial charge in [0.25, 0.3) is 0 Å². The lowest BCUT2D eigenvalue weighted by Crippen LogP contribution is -2.41. The summed E-state index contributed by atoms with van der Waals surface area (Å²) in [6, 6.07) is 12.1. The van der Waals surface area contributed by atoms with E-state index in [2.05, 4.69) is 9.47 Å². The van der Waals surface area contributed by atoms with Crippen molar-refractivity contribution in [3.63, 3.8) is 0 Å². The number of halogens is 6. The third kappa shape index (κ3) is 9.53. The quantitative estimate of drug-likeness (QED) is 0.129. The summed E-state index contributed by atoms with van der Waals surface area (Å²) in [6.07, 6.45) is -9.78. The summed E-state index contributed by atoms with van der Waals surface area (Å²) in [5.41, 5.74) is 0. The van der Waals surface area contributed by atoms with Crippen molar-refractivity contribution in [2.75, 3.05) is 12.4 Å². The molecule has 0 fully saturated rings. The normalized spacial score (nSPS) is 12.8. The van der Waals surface area contributed by atoms with Gasteiger partial charge in [0, 0.05) is 0 Å². The fourth-order valence-corrected chi connectivity index (χ4v) is 4.63. The molecule has 0 saturated heterocycles. The standard InChI is InChI=1S/C24H19F6NO8S/c25-23(26,27)38-20-5-1-17(2-6-20)36-13-16(31(33)15-32)14-40(34,35)22-11-9-19(10-12-22)37-18-3-7-21(8-4-18)39-24(28,29)30/h1-12,15-16,33H,13-14H2. The van der Waals surface area contributed by atoms with Gasteiger partial charge in [0.05, 0.1) is 10.6 Å². The van der Waals surface area contributed by atoms with Gasteiger partial charge in [-0.1, -0.05) is 0 Å². The highest BCUT2D eigenvalue weighted by molar-refractivity contribution is 7.91. The van der Waals surface area contributed by atoms with Gasteiger partial charge in [0.2, 0.25) is 6.41 Å². The Morgan fingerprint density at radius 1 is 0.725 bits per heavy atom. The molecule has 3 aromatic carbocycles. The molecule has 0 aliphatic rings. The predicted molar refractivity (Wildman–Crippen MR) is 124 cm³/mol. The van der Waals surface area contributed by atoms with E-state index in [1.807, 2.05) is 0 Å². The molecule has 0 aromatic heterocycles. The number of nitrogens with zero attached hydrogens (tertiary/aromatic N) is 1. The van der Waals surface area contributed by atoms with Gasteiger partial charge in [-0.15, -0.1) is 26.3 Å². The van der Waals surface area contributed by atoms with Gasteiger partial charge in [-0.3, -0.25) is 10.0 Å². The molecule has 0 spiro atoms. The smallest absolute Gasteiger partial charge is 0.491 e. The summed E-state index contributed by atoms with van der Waals surface area (Å²) in [7, 11) is -4.12. The molecular formula is C24H19F6NO8S. The lowest BCUT2D eigenvalue weighted by Gasteiger charge is -2.22. The molecule has 1 amide bonds. The van der Waals surface area contributed by atoms with E-state index in [0.717, 1.165) is 36.4 Å². The number of hydrogen-bond donors (Lipinski definition) is 1. The van der Waals surface area contributed by atoms with Crippen LogP contribution in [0.25, 0.3) is 0 Å². The molecule has 3 aromatic rings. The Hall–Kier alpha value is -4.18. The van der Waals surface area contributed by atoms with Gasteiger partial charge in [-0.25, -0.2) is 13.5 Å². The number of carbonyl (C=O) groups excluding carboxylic acids is 1. The van der Waals surface area contributed by atoms with Gasteiger partial charge in [-0.2, -0.15) is 0 Å². The van der Waals surface area contributed by atoms with Crippen molar-refractivity contribution in [2.45, 2.75) is 23.7 Å². The molecule has 1 unspecified atom stereocenters. The summed E-state index contributed by atoms with van der Waals surface area (Å²) >= 11 is 0. The van der Waals surface area contributed by atoms with E-state index < -0.39 is 52.5 Å². The van der Waals surface area contributed by atoms with Crippen molar-refractivity contribution >= 4 is 16.2 Å². The maximum absolute atomic E-state index is 12.9. The zero-order valence-electron chi connectivity index (χ0n) is 19.9.